The Morgan fingerprint density at radius 3 is 2.83 bits per heavy atom. The van der Waals surface area contributed by atoms with Gasteiger partial charge in [-0.1, -0.05) is 6.07 Å². The van der Waals surface area contributed by atoms with E-state index < -0.39 is 12.0 Å². The lowest BCUT2D eigenvalue weighted by Gasteiger charge is -2.25. The summed E-state index contributed by atoms with van der Waals surface area (Å²) in [6.07, 6.45) is 1.15. The minimum Gasteiger partial charge on any atom is -0.481 e. The molecule has 1 atom stereocenters. The Hall–Kier alpha value is -2.35. The first-order valence-electron chi connectivity index (χ1n) is 7.42. The van der Waals surface area contributed by atoms with E-state index in [9.17, 15) is 19.2 Å². The first-order valence-corrected chi connectivity index (χ1v) is 8.40. The maximum absolute atomic E-state index is 12.6. The van der Waals surface area contributed by atoms with Gasteiger partial charge in [-0.3, -0.25) is 14.4 Å². The molecule has 1 aromatic rings. The Balaban J connectivity index is 2.27. The Bertz CT molecular complexity index is 676. The molecule has 0 saturated carbocycles. The highest BCUT2D eigenvalue weighted by molar-refractivity contribution is 8.00. The number of nitrogens with one attached hydrogen (secondary N) is 1. The van der Waals surface area contributed by atoms with Crippen LogP contribution in [0.5, 0.6) is 0 Å². The lowest BCUT2D eigenvalue weighted by molar-refractivity contribution is -0.134. The van der Waals surface area contributed by atoms with Gasteiger partial charge in [-0.05, 0) is 24.1 Å². The molecular weight excluding hydrogens is 332 g/mol. The summed E-state index contributed by atoms with van der Waals surface area (Å²) >= 11 is 1.15. The molecule has 0 aliphatic carbocycles. The fourth-order valence-corrected chi connectivity index (χ4v) is 3.48. The van der Waals surface area contributed by atoms with Gasteiger partial charge in [0.2, 0.25) is 5.91 Å². The van der Waals surface area contributed by atoms with Crippen LogP contribution < -0.4 is 5.32 Å². The maximum Gasteiger partial charge on any atom is 0.313 e. The molecule has 1 aromatic carbocycles. The molecule has 1 unspecified atom stereocenters. The van der Waals surface area contributed by atoms with Crippen LogP contribution in [0, 0.1) is 0 Å². The molecule has 128 valence electrons. The van der Waals surface area contributed by atoms with E-state index in [2.05, 4.69) is 5.32 Å². The van der Waals surface area contributed by atoms with E-state index in [0.29, 0.717) is 5.56 Å². The van der Waals surface area contributed by atoms with Gasteiger partial charge in [0.1, 0.15) is 12.3 Å². The number of amides is 2. The van der Waals surface area contributed by atoms with Gasteiger partial charge in [-0.25, -0.2) is 0 Å². The molecule has 1 aliphatic heterocycles. The number of benzene rings is 1. The van der Waals surface area contributed by atoms with Crippen molar-refractivity contribution in [2.24, 2.45) is 0 Å². The van der Waals surface area contributed by atoms with Crippen molar-refractivity contribution in [3.05, 3.63) is 29.3 Å². The summed E-state index contributed by atoms with van der Waals surface area (Å²) < 4.78 is 0. The average Bonchev–Trinajstić information content (AvgIpc) is 2.90. The lowest BCUT2D eigenvalue weighted by Crippen LogP contribution is -2.46. The van der Waals surface area contributed by atoms with Crippen molar-refractivity contribution in [3.8, 4) is 0 Å². The maximum atomic E-state index is 12.6. The van der Waals surface area contributed by atoms with Gasteiger partial charge < -0.3 is 20.1 Å². The highest BCUT2D eigenvalue weighted by Gasteiger charge is 2.36. The Morgan fingerprint density at radius 2 is 2.21 bits per heavy atom. The molecule has 2 N–H and O–H groups in total. The van der Waals surface area contributed by atoms with Gasteiger partial charge in [-0.2, -0.15) is 0 Å². The largest absolute Gasteiger partial charge is 0.481 e. The van der Waals surface area contributed by atoms with Gasteiger partial charge in [-0.15, -0.1) is 11.8 Å². The predicted molar refractivity (Wildman–Crippen MR) is 87.8 cm³/mol. The van der Waals surface area contributed by atoms with Crippen LogP contribution in [0.3, 0.4) is 0 Å². The molecule has 0 saturated heterocycles. The van der Waals surface area contributed by atoms with Gasteiger partial charge in [0.25, 0.3) is 5.91 Å². The molecule has 2 rings (SSSR count). The van der Waals surface area contributed by atoms with E-state index in [1.54, 1.807) is 18.2 Å². The van der Waals surface area contributed by atoms with Gasteiger partial charge >= 0.3 is 5.97 Å². The standard InChI is InChI=1S/C16H18N2O5S/c1-17-15(22)12(5-3-7-19)18-8-11-10(16(18)23)4-2-6-13(11)24-9-14(20)21/h2,4,6-7,12H,3,5,8-9H2,1H3,(H,17,22)(H,20,21). The number of hydrogen-bond donors (Lipinski definition) is 2. The normalized spacial score (nSPS) is 14.2. The van der Waals surface area contributed by atoms with Crippen LogP contribution in [0.15, 0.2) is 23.1 Å². The van der Waals surface area contributed by atoms with Crippen LogP contribution in [-0.2, 0) is 20.9 Å². The monoisotopic (exact) mass is 350 g/mol. The summed E-state index contributed by atoms with van der Waals surface area (Å²) in [6.45, 7) is 0.230. The Morgan fingerprint density at radius 1 is 1.46 bits per heavy atom. The second-order valence-electron chi connectivity index (χ2n) is 5.27. The number of nitrogens with zero attached hydrogens (tertiary/aromatic N) is 1. The number of rotatable bonds is 8. The van der Waals surface area contributed by atoms with Crippen molar-refractivity contribution in [2.75, 3.05) is 12.8 Å². The summed E-state index contributed by atoms with van der Waals surface area (Å²) in [6, 6.07) is 4.41. The van der Waals surface area contributed by atoms with Crippen LogP contribution in [0.4, 0.5) is 0 Å². The summed E-state index contributed by atoms with van der Waals surface area (Å²) in [4.78, 5) is 48.3. The number of thioether (sulfide) groups is 1. The van der Waals surface area contributed by atoms with Crippen molar-refractivity contribution >= 4 is 35.8 Å². The predicted octanol–water partition coefficient (Wildman–Crippen LogP) is 0.913. The number of carboxylic acids is 1. The van der Waals surface area contributed by atoms with Crippen LogP contribution >= 0.6 is 11.8 Å². The summed E-state index contributed by atoms with van der Waals surface area (Å²) in [5.74, 6) is -1.64. The lowest BCUT2D eigenvalue weighted by atomic mass is 10.1. The third kappa shape index (κ3) is 3.76. The van der Waals surface area contributed by atoms with E-state index in [4.69, 9.17) is 5.11 Å². The fraction of sp³-hybridized carbons (Fsp3) is 0.375. The number of aldehydes is 1. The Labute approximate surface area is 143 Å². The molecule has 0 aromatic heterocycles. The molecule has 7 nitrogen and oxygen atoms in total. The highest BCUT2D eigenvalue weighted by atomic mass is 32.2. The van der Waals surface area contributed by atoms with Crippen LogP contribution in [0.25, 0.3) is 0 Å². The van der Waals surface area contributed by atoms with E-state index >= 15 is 0 Å². The van der Waals surface area contributed by atoms with Gasteiger partial charge in [0, 0.05) is 30.5 Å². The van der Waals surface area contributed by atoms with Crippen molar-refractivity contribution in [1.29, 1.82) is 0 Å². The number of likely N-dealkylation sites (N-methyl/N-ethyl adjacent to an activating group) is 1. The summed E-state index contributed by atoms with van der Waals surface area (Å²) in [7, 11) is 1.48. The molecule has 2 amide bonds. The van der Waals surface area contributed by atoms with Crippen molar-refractivity contribution in [1.82, 2.24) is 10.2 Å². The van der Waals surface area contributed by atoms with Crippen molar-refractivity contribution in [2.45, 2.75) is 30.3 Å². The average molecular weight is 350 g/mol. The third-order valence-electron chi connectivity index (χ3n) is 3.79. The topological polar surface area (TPSA) is 104 Å². The molecule has 0 spiro atoms. The number of hydrogen-bond acceptors (Lipinski definition) is 5. The SMILES string of the molecule is CNC(=O)C(CCC=O)N1Cc2c(SCC(=O)O)cccc2C1=O. The van der Waals surface area contributed by atoms with Gasteiger partial charge in [0.15, 0.2) is 0 Å². The molecule has 1 heterocycles. The second-order valence-corrected chi connectivity index (χ2v) is 6.29. The third-order valence-corrected chi connectivity index (χ3v) is 4.87. The number of fused-ring (bicyclic) bond motifs is 1. The number of aliphatic carboxylic acids is 1. The number of carboxylic acid groups (broad SMARTS) is 1. The van der Waals surface area contributed by atoms with Crippen LogP contribution in [0.2, 0.25) is 0 Å². The number of carbonyl (C=O) groups is 4. The quantitative estimate of drug-likeness (QED) is 0.534. The smallest absolute Gasteiger partial charge is 0.313 e. The molecule has 1 aliphatic rings. The zero-order valence-electron chi connectivity index (χ0n) is 13.2. The molecule has 24 heavy (non-hydrogen) atoms. The molecular formula is C16H18N2O5S. The minimum absolute atomic E-state index is 0.103. The van der Waals surface area contributed by atoms with Gasteiger partial charge in [0.05, 0.1) is 5.75 Å². The zero-order valence-corrected chi connectivity index (χ0v) is 14.0. The molecule has 8 heteroatoms. The van der Waals surface area contributed by atoms with E-state index in [0.717, 1.165) is 28.5 Å². The first-order chi connectivity index (χ1) is 11.5. The van der Waals surface area contributed by atoms with Crippen molar-refractivity contribution < 1.29 is 24.3 Å². The van der Waals surface area contributed by atoms with Crippen LogP contribution in [-0.4, -0.2) is 52.9 Å². The minimum atomic E-state index is -0.937. The highest BCUT2D eigenvalue weighted by Crippen LogP contribution is 2.33. The number of carbonyl (C=O) groups excluding carboxylic acids is 3. The molecule has 0 bridgehead atoms. The zero-order chi connectivity index (χ0) is 17.7. The summed E-state index contributed by atoms with van der Waals surface area (Å²) in [5.41, 5.74) is 1.21. The summed E-state index contributed by atoms with van der Waals surface area (Å²) in [5, 5.41) is 11.4. The second kappa shape index (κ2) is 7.96. The van der Waals surface area contributed by atoms with E-state index in [-0.39, 0.29) is 37.0 Å². The van der Waals surface area contributed by atoms with Crippen LogP contribution in [0.1, 0.15) is 28.8 Å². The Kier molecular flexibility index (Phi) is 5.97. The van der Waals surface area contributed by atoms with E-state index in [1.165, 1.54) is 11.9 Å². The molecule has 0 fully saturated rings. The molecule has 0 radical (unpaired) electrons. The van der Waals surface area contributed by atoms with E-state index in [1.807, 2.05) is 0 Å². The van der Waals surface area contributed by atoms with Crippen molar-refractivity contribution in [3.63, 3.8) is 0 Å². The first kappa shape index (κ1) is 18.0. The fourth-order valence-electron chi connectivity index (χ4n) is 2.67.